The van der Waals surface area contributed by atoms with Gasteiger partial charge in [-0.05, 0) is 11.6 Å². The van der Waals surface area contributed by atoms with Gasteiger partial charge in [-0.1, -0.05) is 29.8 Å². The van der Waals surface area contributed by atoms with E-state index in [0.717, 1.165) is 16.4 Å². The number of hydrogen-bond donors (Lipinski definition) is 1. The molecule has 0 unspecified atom stereocenters. The van der Waals surface area contributed by atoms with Crippen LogP contribution in [0.15, 0.2) is 30.5 Å². The molecular formula is C11H11ClN2O. The molecular weight excluding hydrogens is 212 g/mol. The van der Waals surface area contributed by atoms with Crippen molar-refractivity contribution in [1.82, 2.24) is 9.55 Å². The van der Waals surface area contributed by atoms with Gasteiger partial charge >= 0.3 is 0 Å². The van der Waals surface area contributed by atoms with E-state index in [0.29, 0.717) is 6.42 Å². The molecule has 1 aromatic heterocycles. The first kappa shape index (κ1) is 10.1. The van der Waals surface area contributed by atoms with E-state index in [2.05, 4.69) is 4.98 Å². The van der Waals surface area contributed by atoms with Crippen LogP contribution in [0.5, 0.6) is 5.88 Å². The molecule has 2 rings (SSSR count). The molecule has 0 aliphatic heterocycles. The maximum atomic E-state index is 9.22. The molecule has 0 fully saturated rings. The van der Waals surface area contributed by atoms with Crippen LogP contribution in [0.4, 0.5) is 0 Å². The van der Waals surface area contributed by atoms with Crippen LogP contribution in [-0.4, -0.2) is 14.7 Å². The van der Waals surface area contributed by atoms with Gasteiger partial charge in [0.2, 0.25) is 5.88 Å². The van der Waals surface area contributed by atoms with E-state index < -0.39 is 0 Å². The predicted octanol–water partition coefficient (Wildman–Crippen LogP) is 2.37. The minimum absolute atomic E-state index is 0.0413. The lowest BCUT2D eigenvalue weighted by atomic mass is 10.1. The van der Waals surface area contributed by atoms with Crippen LogP contribution in [0.1, 0.15) is 11.4 Å². The second kappa shape index (κ2) is 3.95. The lowest BCUT2D eigenvalue weighted by Gasteiger charge is -2.03. The average molecular weight is 223 g/mol. The first-order chi connectivity index (χ1) is 7.16. The number of benzene rings is 1. The normalized spacial score (nSPS) is 10.5. The summed E-state index contributed by atoms with van der Waals surface area (Å²) in [5.41, 5.74) is 1.01. The molecule has 4 heteroatoms. The van der Waals surface area contributed by atoms with Crippen molar-refractivity contribution in [2.24, 2.45) is 7.05 Å². The van der Waals surface area contributed by atoms with E-state index >= 15 is 0 Å². The molecule has 0 saturated heterocycles. The van der Waals surface area contributed by atoms with E-state index in [-0.39, 0.29) is 5.88 Å². The molecule has 2 aromatic rings. The lowest BCUT2D eigenvalue weighted by Crippen LogP contribution is -1.98. The number of aromatic nitrogens is 2. The zero-order valence-electron chi connectivity index (χ0n) is 8.31. The second-order valence-corrected chi connectivity index (χ2v) is 3.80. The number of hydrogen-bond acceptors (Lipinski definition) is 2. The van der Waals surface area contributed by atoms with Gasteiger partial charge in [0.05, 0.1) is 6.20 Å². The highest BCUT2D eigenvalue weighted by Crippen LogP contribution is 2.19. The van der Waals surface area contributed by atoms with Gasteiger partial charge in [-0.3, -0.25) is 0 Å². The molecule has 0 aliphatic rings. The maximum Gasteiger partial charge on any atom is 0.229 e. The summed E-state index contributed by atoms with van der Waals surface area (Å²) in [6.07, 6.45) is 2.20. The van der Waals surface area contributed by atoms with Crippen molar-refractivity contribution in [2.45, 2.75) is 6.42 Å². The van der Waals surface area contributed by atoms with Crippen molar-refractivity contribution in [1.29, 1.82) is 0 Å². The van der Waals surface area contributed by atoms with Crippen molar-refractivity contribution >= 4 is 11.6 Å². The van der Waals surface area contributed by atoms with Crippen molar-refractivity contribution < 1.29 is 5.11 Å². The molecule has 0 bridgehead atoms. The molecule has 0 atom stereocenters. The van der Waals surface area contributed by atoms with Gasteiger partial charge in [-0.2, -0.15) is 4.98 Å². The van der Waals surface area contributed by atoms with E-state index in [1.165, 1.54) is 0 Å². The number of imidazole rings is 1. The van der Waals surface area contributed by atoms with Crippen LogP contribution in [-0.2, 0) is 13.5 Å². The fourth-order valence-electron chi connectivity index (χ4n) is 1.46. The van der Waals surface area contributed by atoms with E-state index in [1.807, 2.05) is 31.3 Å². The summed E-state index contributed by atoms with van der Waals surface area (Å²) in [5.74, 6) is 0.833. The summed E-state index contributed by atoms with van der Waals surface area (Å²) in [7, 11) is 1.85. The molecule has 0 aliphatic carbocycles. The Labute approximate surface area is 93.0 Å². The number of rotatable bonds is 2. The SMILES string of the molecule is Cn1cc(O)nc1Cc1ccccc1Cl. The standard InChI is InChI=1S/C11H11ClN2O/c1-14-7-11(15)13-10(14)6-8-4-2-3-5-9(8)12/h2-5,7,15H,6H2,1H3. The molecule has 0 spiro atoms. The number of aryl methyl sites for hydroxylation is 1. The van der Waals surface area contributed by atoms with Crippen molar-refractivity contribution in [3.63, 3.8) is 0 Å². The molecule has 3 nitrogen and oxygen atoms in total. The van der Waals surface area contributed by atoms with Crippen LogP contribution >= 0.6 is 11.6 Å². The van der Waals surface area contributed by atoms with Crippen LogP contribution in [0.25, 0.3) is 0 Å². The van der Waals surface area contributed by atoms with Gasteiger partial charge in [0.1, 0.15) is 5.82 Å². The number of nitrogens with zero attached hydrogens (tertiary/aromatic N) is 2. The summed E-state index contributed by atoms with van der Waals surface area (Å²) < 4.78 is 1.79. The quantitative estimate of drug-likeness (QED) is 0.847. The Morgan fingerprint density at radius 2 is 2.13 bits per heavy atom. The third-order valence-corrected chi connectivity index (χ3v) is 2.63. The third kappa shape index (κ3) is 2.13. The Hall–Kier alpha value is -1.48. The molecule has 1 aromatic carbocycles. The van der Waals surface area contributed by atoms with Crippen LogP contribution in [0, 0.1) is 0 Å². The monoisotopic (exact) mass is 222 g/mol. The molecule has 0 radical (unpaired) electrons. The van der Waals surface area contributed by atoms with Crippen molar-refractivity contribution in [3.8, 4) is 5.88 Å². The highest BCUT2D eigenvalue weighted by Gasteiger charge is 2.07. The maximum absolute atomic E-state index is 9.22. The van der Waals surface area contributed by atoms with Gasteiger partial charge in [0.15, 0.2) is 0 Å². The Morgan fingerprint density at radius 1 is 1.40 bits per heavy atom. The van der Waals surface area contributed by atoms with Crippen LogP contribution < -0.4 is 0 Å². The summed E-state index contributed by atoms with van der Waals surface area (Å²) in [5, 5.41) is 9.94. The Balaban J connectivity index is 2.29. The molecule has 0 saturated carbocycles. The van der Waals surface area contributed by atoms with Crippen molar-refractivity contribution in [3.05, 3.63) is 46.9 Å². The number of aromatic hydroxyl groups is 1. The first-order valence-electron chi connectivity index (χ1n) is 4.61. The molecule has 15 heavy (non-hydrogen) atoms. The van der Waals surface area contributed by atoms with Crippen LogP contribution in [0.2, 0.25) is 5.02 Å². The number of halogens is 1. The third-order valence-electron chi connectivity index (χ3n) is 2.27. The van der Waals surface area contributed by atoms with Gasteiger partial charge in [0.25, 0.3) is 0 Å². The van der Waals surface area contributed by atoms with Gasteiger partial charge in [-0.15, -0.1) is 0 Å². The minimum Gasteiger partial charge on any atom is -0.492 e. The second-order valence-electron chi connectivity index (χ2n) is 3.39. The zero-order valence-corrected chi connectivity index (χ0v) is 9.07. The van der Waals surface area contributed by atoms with E-state index in [4.69, 9.17) is 11.6 Å². The summed E-state index contributed by atoms with van der Waals surface area (Å²) in [4.78, 5) is 4.01. The zero-order chi connectivity index (χ0) is 10.8. The summed E-state index contributed by atoms with van der Waals surface area (Å²) in [6.45, 7) is 0. The highest BCUT2D eigenvalue weighted by molar-refractivity contribution is 6.31. The smallest absolute Gasteiger partial charge is 0.229 e. The van der Waals surface area contributed by atoms with Gasteiger partial charge in [-0.25, -0.2) is 0 Å². The first-order valence-corrected chi connectivity index (χ1v) is 4.99. The summed E-state index contributed by atoms with van der Waals surface area (Å²) >= 11 is 6.03. The topological polar surface area (TPSA) is 38.0 Å². The Kier molecular flexibility index (Phi) is 2.64. The molecule has 78 valence electrons. The molecule has 0 amide bonds. The average Bonchev–Trinajstić information content (AvgIpc) is 2.49. The molecule has 1 heterocycles. The summed E-state index contributed by atoms with van der Waals surface area (Å²) in [6, 6.07) is 7.62. The van der Waals surface area contributed by atoms with Crippen molar-refractivity contribution in [2.75, 3.05) is 0 Å². The fraction of sp³-hybridized carbons (Fsp3) is 0.182. The molecule has 1 N–H and O–H groups in total. The van der Waals surface area contributed by atoms with Crippen LogP contribution in [0.3, 0.4) is 0 Å². The Bertz CT molecular complexity index is 479. The highest BCUT2D eigenvalue weighted by atomic mass is 35.5. The van der Waals surface area contributed by atoms with Gasteiger partial charge < -0.3 is 9.67 Å². The lowest BCUT2D eigenvalue weighted by molar-refractivity contribution is 0.455. The largest absolute Gasteiger partial charge is 0.492 e. The Morgan fingerprint density at radius 3 is 2.73 bits per heavy atom. The van der Waals surface area contributed by atoms with Gasteiger partial charge in [0, 0.05) is 18.5 Å². The minimum atomic E-state index is 0.0413. The predicted molar refractivity (Wildman–Crippen MR) is 59.1 cm³/mol. The van der Waals surface area contributed by atoms with E-state index in [9.17, 15) is 5.11 Å². The van der Waals surface area contributed by atoms with E-state index in [1.54, 1.807) is 10.8 Å². The fourth-order valence-corrected chi connectivity index (χ4v) is 1.67.